The van der Waals surface area contributed by atoms with Crippen LogP contribution >= 0.6 is 10.5 Å². The molecule has 5 heteroatoms. The summed E-state index contributed by atoms with van der Waals surface area (Å²) in [6.45, 7) is 0.795. The van der Waals surface area contributed by atoms with Gasteiger partial charge in [-0.15, -0.1) is 0 Å². The number of aliphatic hydroxyl groups is 1. The highest BCUT2D eigenvalue weighted by Gasteiger charge is 2.22. The molecular weight excluding hydrogens is 394 g/mol. The predicted octanol–water partition coefficient (Wildman–Crippen LogP) is 4.98. The van der Waals surface area contributed by atoms with Crippen molar-refractivity contribution in [1.82, 2.24) is 5.32 Å². The molecule has 0 fully saturated rings. The molecular formula is C25H24NO3S+. The molecule has 0 bridgehead atoms. The first-order chi connectivity index (χ1) is 14.7. The standard InChI is InChI=1S/C25H23NO3S/c27-17-7-1-6-16-26-25(29)18-12-14-19(15-13-18)30-22-10-4-2-8-20(22)24(28)21-9-3-5-11-23(21)30/h2-5,8-15,27H,1,6-7,16-17H2/p+1. The third-order valence-corrected chi connectivity index (χ3v) is 7.51. The summed E-state index contributed by atoms with van der Waals surface area (Å²) in [7, 11) is -0.385. The number of aliphatic hydroxyl groups excluding tert-OH is 1. The van der Waals surface area contributed by atoms with Gasteiger partial charge in [-0.2, -0.15) is 0 Å². The molecule has 1 amide bonds. The number of amides is 1. The highest BCUT2D eigenvalue weighted by atomic mass is 32.2. The minimum Gasteiger partial charge on any atom is -0.396 e. The Kier molecular flexibility index (Phi) is 6.21. The van der Waals surface area contributed by atoms with Crippen molar-refractivity contribution in [2.24, 2.45) is 0 Å². The molecule has 4 nitrogen and oxygen atoms in total. The zero-order chi connectivity index (χ0) is 20.9. The lowest BCUT2D eigenvalue weighted by Gasteiger charge is -2.06. The Hall–Kier alpha value is -3.02. The van der Waals surface area contributed by atoms with Gasteiger partial charge in [0.05, 0.1) is 10.8 Å². The molecule has 0 radical (unpaired) electrons. The van der Waals surface area contributed by atoms with Gasteiger partial charge in [-0.1, -0.05) is 24.3 Å². The van der Waals surface area contributed by atoms with Crippen LogP contribution in [0, 0.1) is 0 Å². The lowest BCUT2D eigenvalue weighted by atomic mass is 10.2. The molecule has 0 atom stereocenters. The average Bonchev–Trinajstić information content (AvgIpc) is 2.79. The molecule has 0 saturated heterocycles. The minimum atomic E-state index is -0.385. The Balaban J connectivity index is 1.68. The molecule has 0 unspecified atom stereocenters. The van der Waals surface area contributed by atoms with Gasteiger partial charge in [0.25, 0.3) is 5.91 Å². The van der Waals surface area contributed by atoms with Crippen LogP contribution in [0.25, 0.3) is 25.1 Å². The quantitative estimate of drug-likeness (QED) is 0.253. The first-order valence-corrected chi connectivity index (χ1v) is 11.4. The summed E-state index contributed by atoms with van der Waals surface area (Å²) in [6.07, 6.45) is 2.52. The van der Waals surface area contributed by atoms with Crippen LogP contribution in [0.3, 0.4) is 0 Å². The van der Waals surface area contributed by atoms with Crippen molar-refractivity contribution in [1.29, 1.82) is 0 Å². The van der Waals surface area contributed by atoms with E-state index in [9.17, 15) is 9.59 Å². The zero-order valence-corrected chi connectivity index (χ0v) is 17.5. The van der Waals surface area contributed by atoms with Gasteiger partial charge >= 0.3 is 0 Å². The van der Waals surface area contributed by atoms with Crippen molar-refractivity contribution >= 4 is 36.5 Å². The van der Waals surface area contributed by atoms with E-state index < -0.39 is 0 Å². The lowest BCUT2D eigenvalue weighted by Crippen LogP contribution is -2.24. The van der Waals surface area contributed by atoms with Gasteiger partial charge in [0.15, 0.2) is 14.3 Å². The molecule has 0 aliphatic rings. The number of hydrogen-bond donors (Lipinski definition) is 2. The van der Waals surface area contributed by atoms with Crippen molar-refractivity contribution in [3.8, 4) is 4.90 Å². The van der Waals surface area contributed by atoms with Gasteiger partial charge < -0.3 is 10.4 Å². The van der Waals surface area contributed by atoms with E-state index in [-0.39, 0.29) is 28.4 Å². The molecule has 152 valence electrons. The number of fused-ring (bicyclic) bond motifs is 2. The Bertz CT molecular complexity index is 1180. The van der Waals surface area contributed by atoms with E-state index in [1.165, 1.54) is 0 Å². The largest absolute Gasteiger partial charge is 0.396 e. The van der Waals surface area contributed by atoms with E-state index >= 15 is 0 Å². The summed E-state index contributed by atoms with van der Waals surface area (Å²) in [6, 6.07) is 23.3. The SMILES string of the molecule is O=C(NCCCCCO)c1ccc(-[s+]2c3ccccc3c(=O)c3ccccc32)cc1. The second-order valence-corrected chi connectivity index (χ2v) is 9.16. The monoisotopic (exact) mass is 418 g/mol. The summed E-state index contributed by atoms with van der Waals surface area (Å²) < 4.78 is 2.06. The maximum Gasteiger partial charge on any atom is 0.251 e. The van der Waals surface area contributed by atoms with E-state index in [1.807, 2.05) is 72.8 Å². The molecule has 4 rings (SSSR count). The Morgan fingerprint density at radius 1 is 0.800 bits per heavy atom. The normalized spacial score (nSPS) is 11.1. The van der Waals surface area contributed by atoms with Crippen LogP contribution in [-0.2, 0) is 0 Å². The molecule has 4 aromatic rings. The van der Waals surface area contributed by atoms with Crippen LogP contribution in [0.1, 0.15) is 29.6 Å². The Morgan fingerprint density at radius 2 is 1.40 bits per heavy atom. The number of benzene rings is 3. The van der Waals surface area contributed by atoms with Gasteiger partial charge in [0.2, 0.25) is 5.43 Å². The smallest absolute Gasteiger partial charge is 0.251 e. The first-order valence-electron chi connectivity index (χ1n) is 10.2. The van der Waals surface area contributed by atoms with Gasteiger partial charge in [-0.25, -0.2) is 0 Å². The first kappa shape index (κ1) is 20.3. The molecule has 30 heavy (non-hydrogen) atoms. The molecule has 0 spiro atoms. The maximum atomic E-state index is 12.9. The molecule has 0 aliphatic carbocycles. The third kappa shape index (κ3) is 3.99. The van der Waals surface area contributed by atoms with E-state index in [1.54, 1.807) is 0 Å². The van der Waals surface area contributed by atoms with Gasteiger partial charge in [-0.3, -0.25) is 9.59 Å². The molecule has 3 aromatic carbocycles. The van der Waals surface area contributed by atoms with Crippen molar-refractivity contribution in [3.05, 3.63) is 88.6 Å². The highest BCUT2D eigenvalue weighted by Crippen LogP contribution is 2.42. The number of rotatable bonds is 7. The number of carbonyl (C=O) groups is 1. The number of unbranched alkanes of at least 4 members (excludes halogenated alkanes) is 2. The molecule has 1 aromatic heterocycles. The number of hydrogen-bond acceptors (Lipinski definition) is 3. The zero-order valence-electron chi connectivity index (χ0n) is 16.6. The van der Waals surface area contributed by atoms with Crippen LogP contribution in [0.5, 0.6) is 0 Å². The minimum absolute atomic E-state index is 0.0714. The second kappa shape index (κ2) is 9.20. The molecule has 0 aliphatic heterocycles. The third-order valence-electron chi connectivity index (χ3n) is 5.18. The van der Waals surface area contributed by atoms with Crippen molar-refractivity contribution in [2.45, 2.75) is 19.3 Å². The fourth-order valence-electron chi connectivity index (χ4n) is 3.64. The Labute approximate surface area is 177 Å². The van der Waals surface area contributed by atoms with E-state index in [2.05, 4.69) is 5.32 Å². The highest BCUT2D eigenvalue weighted by molar-refractivity contribution is 7.49. The van der Waals surface area contributed by atoms with Crippen LogP contribution in [0.4, 0.5) is 0 Å². The van der Waals surface area contributed by atoms with E-state index in [0.717, 1.165) is 44.3 Å². The molecule has 0 saturated carbocycles. The summed E-state index contributed by atoms with van der Waals surface area (Å²) in [5.41, 5.74) is 0.696. The van der Waals surface area contributed by atoms with Crippen molar-refractivity contribution in [3.63, 3.8) is 0 Å². The average molecular weight is 419 g/mol. The maximum absolute atomic E-state index is 12.9. The van der Waals surface area contributed by atoms with Gasteiger partial charge in [0, 0.05) is 29.2 Å². The van der Waals surface area contributed by atoms with Gasteiger partial charge in [-0.05, 0) is 67.8 Å². The topological polar surface area (TPSA) is 66.4 Å². The second-order valence-electron chi connectivity index (χ2n) is 7.19. The van der Waals surface area contributed by atoms with E-state index in [4.69, 9.17) is 5.11 Å². The summed E-state index contributed by atoms with van der Waals surface area (Å²) in [5, 5.41) is 13.3. The van der Waals surface area contributed by atoms with E-state index in [0.29, 0.717) is 12.1 Å². The van der Waals surface area contributed by atoms with Crippen molar-refractivity contribution in [2.75, 3.05) is 13.2 Å². The van der Waals surface area contributed by atoms with Crippen LogP contribution in [0.2, 0.25) is 0 Å². The predicted molar refractivity (Wildman–Crippen MR) is 125 cm³/mol. The molecule has 1 heterocycles. The number of carbonyl (C=O) groups excluding carboxylic acids is 1. The van der Waals surface area contributed by atoms with Crippen LogP contribution in [-0.4, -0.2) is 24.2 Å². The van der Waals surface area contributed by atoms with Gasteiger partial charge in [0.1, 0.15) is 0 Å². The van der Waals surface area contributed by atoms with Crippen LogP contribution in [0.15, 0.2) is 77.6 Å². The number of nitrogens with one attached hydrogen (secondary N) is 1. The molecule has 2 N–H and O–H groups in total. The fraction of sp³-hybridized carbons (Fsp3) is 0.200. The lowest BCUT2D eigenvalue weighted by molar-refractivity contribution is 0.0953. The summed E-state index contributed by atoms with van der Waals surface area (Å²) in [5.74, 6) is -0.0893. The summed E-state index contributed by atoms with van der Waals surface area (Å²) in [4.78, 5) is 26.4. The summed E-state index contributed by atoms with van der Waals surface area (Å²) >= 11 is 0. The fourth-order valence-corrected chi connectivity index (χ4v) is 5.99. The van der Waals surface area contributed by atoms with Crippen LogP contribution < -0.4 is 10.7 Å². The Morgan fingerprint density at radius 3 is 2.00 bits per heavy atom. The van der Waals surface area contributed by atoms with Crippen molar-refractivity contribution < 1.29 is 9.90 Å².